The molecule has 0 fully saturated rings. The van der Waals surface area contributed by atoms with Gasteiger partial charge in [0.2, 0.25) is 0 Å². The van der Waals surface area contributed by atoms with Crippen molar-refractivity contribution in [2.45, 2.75) is 19.6 Å². The summed E-state index contributed by atoms with van der Waals surface area (Å²) < 4.78 is 2.32. The summed E-state index contributed by atoms with van der Waals surface area (Å²) in [6.45, 7) is 6.95. The van der Waals surface area contributed by atoms with E-state index in [1.807, 2.05) is 0 Å². The van der Waals surface area contributed by atoms with Crippen molar-refractivity contribution in [3.8, 4) is 0 Å². The molecular formula is C7H12NSi2. The average Bonchev–Trinajstić information content (AvgIpc) is 2.11. The van der Waals surface area contributed by atoms with Gasteiger partial charge in [0, 0.05) is 0 Å². The van der Waals surface area contributed by atoms with Crippen LogP contribution >= 0.6 is 0 Å². The van der Waals surface area contributed by atoms with Crippen LogP contribution in [-0.4, -0.2) is 22.7 Å². The molecule has 0 unspecified atom stereocenters. The van der Waals surface area contributed by atoms with E-state index in [0.29, 0.717) is 0 Å². The van der Waals surface area contributed by atoms with E-state index in [4.69, 9.17) is 0 Å². The summed E-state index contributed by atoms with van der Waals surface area (Å²) in [7, 11) is 2.39. The maximum Gasteiger partial charge on any atom is 0.151 e. The van der Waals surface area contributed by atoms with Crippen LogP contribution in [0.4, 0.5) is 0 Å². The lowest BCUT2D eigenvalue weighted by atomic mass is 10.7. The van der Waals surface area contributed by atoms with Crippen molar-refractivity contribution in [3.05, 3.63) is 18.3 Å². The molecule has 3 heteroatoms. The maximum absolute atomic E-state index is 3.55. The van der Waals surface area contributed by atoms with Gasteiger partial charge < -0.3 is 4.23 Å². The van der Waals surface area contributed by atoms with Crippen LogP contribution in [0.1, 0.15) is 0 Å². The quantitative estimate of drug-likeness (QED) is 0.548. The first kappa shape index (κ1) is 7.82. The van der Waals surface area contributed by atoms with E-state index in [9.17, 15) is 0 Å². The molecule has 3 radical (unpaired) electrons. The molecule has 1 heterocycles. The van der Waals surface area contributed by atoms with Gasteiger partial charge in [0.15, 0.2) is 8.24 Å². The Morgan fingerprint density at radius 3 is 2.20 bits per heavy atom. The minimum Gasteiger partial charge on any atom is -0.383 e. The summed E-state index contributed by atoms with van der Waals surface area (Å²) in [5.41, 5.74) is 0. The molecule has 0 bridgehead atoms. The minimum absolute atomic E-state index is 1.16. The van der Waals surface area contributed by atoms with Gasteiger partial charge in [0.25, 0.3) is 0 Å². The van der Waals surface area contributed by atoms with Crippen LogP contribution in [-0.2, 0) is 0 Å². The summed E-state index contributed by atoms with van der Waals surface area (Å²) in [5.74, 6) is 0. The Kier molecular flexibility index (Phi) is 1.87. The summed E-state index contributed by atoms with van der Waals surface area (Å²) in [5, 5.41) is 1.19. The zero-order chi connectivity index (χ0) is 7.78. The lowest BCUT2D eigenvalue weighted by Crippen LogP contribution is -2.38. The molecule has 0 spiro atoms. The first-order chi connectivity index (χ1) is 4.52. The molecule has 1 nitrogen and oxygen atoms in total. The molecular weight excluding hydrogens is 154 g/mol. The maximum atomic E-state index is 3.55. The molecule has 0 aliphatic heterocycles. The first-order valence-electron chi connectivity index (χ1n) is 3.41. The van der Waals surface area contributed by atoms with Crippen LogP contribution in [0.5, 0.6) is 0 Å². The zero-order valence-corrected chi connectivity index (χ0v) is 8.68. The third-order valence-corrected chi connectivity index (χ3v) is 3.94. The number of rotatable bonds is 1. The van der Waals surface area contributed by atoms with Gasteiger partial charge in [-0.25, -0.2) is 0 Å². The smallest absolute Gasteiger partial charge is 0.151 e. The highest BCUT2D eigenvalue weighted by molar-refractivity contribution is 6.75. The molecule has 53 valence electrons. The topological polar surface area (TPSA) is 4.93 Å². The van der Waals surface area contributed by atoms with Crippen molar-refractivity contribution in [1.82, 2.24) is 4.23 Å². The Balaban J connectivity index is 3.05. The van der Waals surface area contributed by atoms with Crippen molar-refractivity contribution in [2.24, 2.45) is 0 Å². The largest absolute Gasteiger partial charge is 0.383 e. The summed E-state index contributed by atoms with van der Waals surface area (Å²) >= 11 is 0. The Labute approximate surface area is 66.6 Å². The molecule has 0 amide bonds. The van der Waals surface area contributed by atoms with Crippen molar-refractivity contribution in [2.75, 3.05) is 0 Å². The summed E-state index contributed by atoms with van der Waals surface area (Å²) in [6.07, 6.45) is 2.13. The highest BCUT2D eigenvalue weighted by Crippen LogP contribution is 2.02. The molecule has 0 N–H and O–H groups in total. The van der Waals surface area contributed by atoms with E-state index < -0.39 is 8.24 Å². The number of aromatic nitrogens is 1. The fraction of sp³-hybridized carbons (Fsp3) is 0.429. The molecule has 1 aromatic heterocycles. The van der Waals surface area contributed by atoms with Gasteiger partial charge in [-0.3, -0.25) is 0 Å². The Morgan fingerprint density at radius 1 is 1.40 bits per heavy atom. The highest BCUT2D eigenvalue weighted by atomic mass is 28.3. The molecule has 1 aromatic rings. The van der Waals surface area contributed by atoms with Crippen LogP contribution < -0.4 is 5.32 Å². The highest BCUT2D eigenvalue weighted by Gasteiger charge is 2.15. The van der Waals surface area contributed by atoms with E-state index in [2.05, 4.69) is 52.4 Å². The Bertz CT molecular complexity index is 222. The van der Waals surface area contributed by atoms with Crippen molar-refractivity contribution >= 4 is 23.8 Å². The van der Waals surface area contributed by atoms with E-state index in [0.717, 1.165) is 0 Å². The lowest BCUT2D eigenvalue weighted by molar-refractivity contribution is 1.19. The predicted octanol–water partition coefficient (Wildman–Crippen LogP) is 0.965. The summed E-state index contributed by atoms with van der Waals surface area (Å²) in [4.78, 5) is 0. The van der Waals surface area contributed by atoms with Gasteiger partial charge in [-0.2, -0.15) is 0 Å². The van der Waals surface area contributed by atoms with E-state index in [-0.39, 0.29) is 0 Å². The van der Waals surface area contributed by atoms with Crippen LogP contribution in [0.3, 0.4) is 0 Å². The second-order valence-corrected chi connectivity index (χ2v) is 8.77. The number of hydrogen-bond acceptors (Lipinski definition) is 0. The van der Waals surface area contributed by atoms with Gasteiger partial charge in [-0.05, 0) is 23.6 Å². The second-order valence-electron chi connectivity index (χ2n) is 3.43. The molecule has 0 atom stereocenters. The fourth-order valence-corrected chi connectivity index (χ4v) is 3.47. The van der Waals surface area contributed by atoms with Crippen LogP contribution in [0.25, 0.3) is 0 Å². The van der Waals surface area contributed by atoms with Crippen molar-refractivity contribution < 1.29 is 0 Å². The van der Waals surface area contributed by atoms with Crippen molar-refractivity contribution in [1.29, 1.82) is 0 Å². The minimum atomic E-state index is -1.16. The average molecular weight is 166 g/mol. The molecule has 1 rings (SSSR count). The third-order valence-electron chi connectivity index (χ3n) is 1.47. The molecule has 0 aliphatic rings. The zero-order valence-electron chi connectivity index (χ0n) is 6.68. The van der Waals surface area contributed by atoms with Crippen molar-refractivity contribution in [3.63, 3.8) is 0 Å². The standard InChI is InChI=1S/C7H12NSi2/c1-10(2,3)8-6-4-5-7(8)9/h4-6H,1-3H3. The van der Waals surface area contributed by atoms with Crippen LogP contribution in [0, 0.1) is 0 Å². The normalized spacial score (nSPS) is 12.0. The molecule has 0 saturated heterocycles. The number of nitrogens with zero attached hydrogens (tertiary/aromatic N) is 1. The van der Waals surface area contributed by atoms with Gasteiger partial charge in [-0.1, -0.05) is 19.6 Å². The predicted molar refractivity (Wildman–Crippen MR) is 48.6 cm³/mol. The van der Waals surface area contributed by atoms with Gasteiger partial charge in [-0.15, -0.1) is 0 Å². The number of hydrogen-bond donors (Lipinski definition) is 0. The summed E-state index contributed by atoms with van der Waals surface area (Å²) in [6, 6.07) is 4.15. The fourth-order valence-electron chi connectivity index (χ4n) is 0.966. The van der Waals surface area contributed by atoms with Crippen LogP contribution in [0.2, 0.25) is 19.6 Å². The van der Waals surface area contributed by atoms with E-state index >= 15 is 0 Å². The van der Waals surface area contributed by atoms with Crippen LogP contribution in [0.15, 0.2) is 18.3 Å². The Morgan fingerprint density at radius 2 is 2.00 bits per heavy atom. The third kappa shape index (κ3) is 1.41. The lowest BCUT2D eigenvalue weighted by Gasteiger charge is -2.20. The monoisotopic (exact) mass is 166 g/mol. The van der Waals surface area contributed by atoms with Gasteiger partial charge >= 0.3 is 0 Å². The molecule has 0 aromatic carbocycles. The SMILES string of the molecule is C[Si](C)(C)n1cccc1[Si]. The van der Waals surface area contributed by atoms with Gasteiger partial charge in [0.1, 0.15) is 0 Å². The molecule has 10 heavy (non-hydrogen) atoms. The second kappa shape index (κ2) is 2.39. The molecule has 0 saturated carbocycles. The van der Waals surface area contributed by atoms with E-state index in [1.165, 1.54) is 5.32 Å². The van der Waals surface area contributed by atoms with E-state index in [1.54, 1.807) is 0 Å². The molecule has 0 aliphatic carbocycles. The first-order valence-corrected chi connectivity index (χ1v) is 7.36. The van der Waals surface area contributed by atoms with Gasteiger partial charge in [0.05, 0.1) is 10.2 Å². The Hall–Kier alpha value is -0.286.